The molecule has 0 radical (unpaired) electrons. The van der Waals surface area contributed by atoms with Gasteiger partial charge in [0.25, 0.3) is 0 Å². The summed E-state index contributed by atoms with van der Waals surface area (Å²) in [5, 5.41) is 3.19. The zero-order chi connectivity index (χ0) is 12.3. The second-order valence-corrected chi connectivity index (χ2v) is 4.14. The van der Waals surface area contributed by atoms with Crippen molar-refractivity contribution in [1.29, 1.82) is 0 Å². The zero-order valence-electron chi connectivity index (χ0n) is 10.1. The monoisotopic (exact) mass is 229 g/mol. The predicted molar refractivity (Wildman–Crippen MR) is 69.3 cm³/mol. The van der Waals surface area contributed by atoms with Crippen LogP contribution in [0.1, 0.15) is 18.5 Å². The van der Waals surface area contributed by atoms with Crippen molar-refractivity contribution in [3.05, 3.63) is 59.9 Å². The minimum atomic E-state index is -0.199. The quantitative estimate of drug-likeness (QED) is 0.844. The van der Waals surface area contributed by atoms with E-state index in [0.29, 0.717) is 6.04 Å². The maximum Gasteiger partial charge on any atom is 0.123 e. The number of hydrogen-bond donors (Lipinski definition) is 1. The van der Waals surface area contributed by atoms with E-state index in [4.69, 9.17) is 0 Å². The molecule has 17 heavy (non-hydrogen) atoms. The lowest BCUT2D eigenvalue weighted by molar-refractivity contribution is 0.628. The molecule has 1 nitrogen and oxygen atoms in total. The Labute approximate surface area is 101 Å². The summed E-state index contributed by atoms with van der Waals surface area (Å²) in [6, 6.07) is 15.2. The van der Waals surface area contributed by atoms with Gasteiger partial charge in [0.2, 0.25) is 0 Å². The topological polar surface area (TPSA) is 12.0 Å². The zero-order valence-corrected chi connectivity index (χ0v) is 10.1. The third-order valence-corrected chi connectivity index (χ3v) is 3.00. The molecule has 0 spiro atoms. The van der Waals surface area contributed by atoms with Gasteiger partial charge in [-0.15, -0.1) is 0 Å². The Hall–Kier alpha value is -1.67. The molecule has 0 fully saturated rings. The van der Waals surface area contributed by atoms with Crippen molar-refractivity contribution in [2.45, 2.75) is 13.0 Å². The van der Waals surface area contributed by atoms with E-state index in [-0.39, 0.29) is 5.82 Å². The van der Waals surface area contributed by atoms with Crippen LogP contribution in [-0.4, -0.2) is 7.05 Å². The van der Waals surface area contributed by atoms with Crippen LogP contribution in [0, 0.1) is 5.82 Å². The third-order valence-electron chi connectivity index (χ3n) is 3.00. The fourth-order valence-corrected chi connectivity index (χ4v) is 1.80. The number of rotatable bonds is 3. The van der Waals surface area contributed by atoms with Crippen molar-refractivity contribution in [2.24, 2.45) is 0 Å². The summed E-state index contributed by atoms with van der Waals surface area (Å²) in [4.78, 5) is 0. The highest BCUT2D eigenvalue weighted by Gasteiger charge is 2.03. The standard InChI is InChI=1S/C15H16FN/c1-11(17-2)12-6-8-13(9-7-12)14-4-3-5-15(16)10-14/h3-11,17H,1-2H3. The van der Waals surface area contributed by atoms with E-state index in [9.17, 15) is 4.39 Å². The Morgan fingerprint density at radius 3 is 2.29 bits per heavy atom. The lowest BCUT2D eigenvalue weighted by Gasteiger charge is -2.11. The second-order valence-electron chi connectivity index (χ2n) is 4.14. The van der Waals surface area contributed by atoms with Crippen LogP contribution in [0.4, 0.5) is 4.39 Å². The molecule has 0 saturated carbocycles. The fourth-order valence-electron chi connectivity index (χ4n) is 1.80. The smallest absolute Gasteiger partial charge is 0.123 e. The Balaban J connectivity index is 2.29. The molecule has 1 N–H and O–H groups in total. The summed E-state index contributed by atoms with van der Waals surface area (Å²) in [5.74, 6) is -0.199. The number of halogens is 1. The summed E-state index contributed by atoms with van der Waals surface area (Å²) in [7, 11) is 1.94. The molecule has 2 aromatic rings. The molecule has 2 rings (SSSR count). The van der Waals surface area contributed by atoms with Crippen LogP contribution >= 0.6 is 0 Å². The Morgan fingerprint density at radius 1 is 1.00 bits per heavy atom. The summed E-state index contributed by atoms with van der Waals surface area (Å²) in [5.41, 5.74) is 3.18. The second kappa shape index (κ2) is 5.11. The highest BCUT2D eigenvalue weighted by molar-refractivity contribution is 5.63. The Kier molecular flexibility index (Phi) is 3.55. The number of benzene rings is 2. The van der Waals surface area contributed by atoms with Crippen LogP contribution < -0.4 is 5.32 Å². The maximum atomic E-state index is 13.1. The molecule has 2 aromatic carbocycles. The largest absolute Gasteiger partial charge is 0.313 e. The van der Waals surface area contributed by atoms with E-state index in [1.165, 1.54) is 11.6 Å². The van der Waals surface area contributed by atoms with Gasteiger partial charge in [-0.1, -0.05) is 36.4 Å². The van der Waals surface area contributed by atoms with Gasteiger partial charge in [-0.25, -0.2) is 4.39 Å². The van der Waals surface area contributed by atoms with Gasteiger partial charge in [0.05, 0.1) is 0 Å². The highest BCUT2D eigenvalue weighted by atomic mass is 19.1. The van der Waals surface area contributed by atoms with Crippen molar-refractivity contribution in [3.63, 3.8) is 0 Å². The van der Waals surface area contributed by atoms with Gasteiger partial charge in [-0.05, 0) is 42.8 Å². The highest BCUT2D eigenvalue weighted by Crippen LogP contribution is 2.22. The molecular weight excluding hydrogens is 213 g/mol. The number of nitrogens with one attached hydrogen (secondary N) is 1. The van der Waals surface area contributed by atoms with Gasteiger partial charge in [-0.2, -0.15) is 0 Å². The van der Waals surface area contributed by atoms with Gasteiger partial charge in [0.15, 0.2) is 0 Å². The molecule has 88 valence electrons. The average Bonchev–Trinajstić information content (AvgIpc) is 2.38. The summed E-state index contributed by atoms with van der Waals surface area (Å²) < 4.78 is 13.1. The summed E-state index contributed by atoms with van der Waals surface area (Å²) in [6.45, 7) is 2.11. The maximum absolute atomic E-state index is 13.1. The molecule has 0 bridgehead atoms. The Bertz CT molecular complexity index is 491. The fraction of sp³-hybridized carbons (Fsp3) is 0.200. The van der Waals surface area contributed by atoms with Crippen molar-refractivity contribution in [1.82, 2.24) is 5.32 Å². The van der Waals surface area contributed by atoms with Crippen LogP contribution in [0.2, 0.25) is 0 Å². The molecular formula is C15H16FN. The predicted octanol–water partition coefficient (Wildman–Crippen LogP) is 3.77. The van der Waals surface area contributed by atoms with E-state index >= 15 is 0 Å². The molecule has 0 aromatic heterocycles. The van der Waals surface area contributed by atoms with Crippen molar-refractivity contribution >= 4 is 0 Å². The van der Waals surface area contributed by atoms with Crippen LogP contribution in [-0.2, 0) is 0 Å². The lowest BCUT2D eigenvalue weighted by atomic mass is 10.0. The van der Waals surface area contributed by atoms with Crippen LogP contribution in [0.15, 0.2) is 48.5 Å². The minimum absolute atomic E-state index is 0.199. The van der Waals surface area contributed by atoms with Crippen LogP contribution in [0.5, 0.6) is 0 Å². The molecule has 1 atom stereocenters. The first-order valence-electron chi connectivity index (χ1n) is 5.74. The molecule has 0 heterocycles. The first-order valence-corrected chi connectivity index (χ1v) is 5.74. The molecule has 0 aliphatic rings. The van der Waals surface area contributed by atoms with Gasteiger partial charge in [-0.3, -0.25) is 0 Å². The van der Waals surface area contributed by atoms with Gasteiger partial charge < -0.3 is 5.32 Å². The van der Waals surface area contributed by atoms with Crippen molar-refractivity contribution < 1.29 is 4.39 Å². The summed E-state index contributed by atoms with van der Waals surface area (Å²) in [6.07, 6.45) is 0. The Morgan fingerprint density at radius 2 is 1.71 bits per heavy atom. The van der Waals surface area contributed by atoms with Crippen LogP contribution in [0.25, 0.3) is 11.1 Å². The molecule has 0 aliphatic carbocycles. The van der Waals surface area contributed by atoms with E-state index in [2.05, 4.69) is 24.4 Å². The van der Waals surface area contributed by atoms with Crippen molar-refractivity contribution in [3.8, 4) is 11.1 Å². The van der Waals surface area contributed by atoms with E-state index in [1.807, 2.05) is 25.2 Å². The van der Waals surface area contributed by atoms with E-state index < -0.39 is 0 Å². The van der Waals surface area contributed by atoms with Gasteiger partial charge in [0, 0.05) is 6.04 Å². The molecule has 0 aliphatic heterocycles. The molecule has 2 heteroatoms. The normalized spacial score (nSPS) is 12.4. The molecule has 1 unspecified atom stereocenters. The minimum Gasteiger partial charge on any atom is -0.313 e. The number of hydrogen-bond acceptors (Lipinski definition) is 1. The third kappa shape index (κ3) is 2.71. The van der Waals surface area contributed by atoms with Gasteiger partial charge in [0.1, 0.15) is 5.82 Å². The lowest BCUT2D eigenvalue weighted by Crippen LogP contribution is -2.11. The first kappa shape index (κ1) is 11.8. The van der Waals surface area contributed by atoms with Gasteiger partial charge >= 0.3 is 0 Å². The molecule has 0 saturated heterocycles. The first-order chi connectivity index (χ1) is 8.20. The van der Waals surface area contributed by atoms with E-state index in [0.717, 1.165) is 11.1 Å². The average molecular weight is 229 g/mol. The van der Waals surface area contributed by atoms with E-state index in [1.54, 1.807) is 12.1 Å². The summed E-state index contributed by atoms with van der Waals surface area (Å²) >= 11 is 0. The SMILES string of the molecule is CNC(C)c1ccc(-c2cccc(F)c2)cc1. The molecule has 0 amide bonds. The van der Waals surface area contributed by atoms with Crippen molar-refractivity contribution in [2.75, 3.05) is 7.05 Å². The van der Waals surface area contributed by atoms with Crippen LogP contribution in [0.3, 0.4) is 0 Å².